The zero-order valence-corrected chi connectivity index (χ0v) is 40.1. The van der Waals surface area contributed by atoms with Crippen LogP contribution in [0.25, 0.3) is 0 Å². The maximum atomic E-state index is 13.6. The van der Waals surface area contributed by atoms with E-state index in [2.05, 4.69) is 62.1 Å². The van der Waals surface area contributed by atoms with Gasteiger partial charge in [-0.25, -0.2) is 9.59 Å². The average molecular weight is 908 g/mol. The molecule has 0 aromatic heterocycles. The topological polar surface area (TPSA) is 196 Å². The molecule has 0 unspecified atom stereocenters. The summed E-state index contributed by atoms with van der Waals surface area (Å²) in [5.74, 6) is -2.08. The van der Waals surface area contributed by atoms with E-state index in [-0.39, 0.29) is 0 Å². The van der Waals surface area contributed by atoms with Crippen LogP contribution in [-0.4, -0.2) is 83.7 Å². The van der Waals surface area contributed by atoms with Gasteiger partial charge in [-0.15, -0.1) is 0 Å². The lowest BCUT2D eigenvalue weighted by Gasteiger charge is -2.34. The first kappa shape index (κ1) is 51.9. The van der Waals surface area contributed by atoms with E-state index < -0.39 is 80.3 Å². The monoisotopic (exact) mass is 907 g/mol. The van der Waals surface area contributed by atoms with E-state index in [1.165, 1.54) is 14.2 Å². The lowest BCUT2D eigenvalue weighted by Crippen LogP contribution is -2.60. The summed E-state index contributed by atoms with van der Waals surface area (Å²) < 4.78 is 7.48. The van der Waals surface area contributed by atoms with Crippen LogP contribution in [0.15, 0.2) is 78.9 Å². The number of alkyl carbamates (subject to hydrolysis) is 2. The Bertz CT molecular complexity index is 1910. The normalized spacial score (nSPS) is 13.8. The fourth-order valence-electron chi connectivity index (χ4n) is 6.42. The molecule has 0 aliphatic heterocycles. The number of anilines is 3. The van der Waals surface area contributed by atoms with Crippen molar-refractivity contribution in [1.29, 1.82) is 0 Å². The first-order valence-electron chi connectivity index (χ1n) is 20.5. The smallest absolute Gasteiger partial charge is 0.407 e. The second-order valence-corrected chi connectivity index (χ2v) is 20.9. The molecule has 17 heteroatoms. The van der Waals surface area contributed by atoms with Crippen molar-refractivity contribution in [1.82, 2.24) is 21.3 Å². The molecular formula is C46H65N7O8S2. The lowest BCUT2D eigenvalue weighted by molar-refractivity contribution is -0.130. The van der Waals surface area contributed by atoms with Crippen LogP contribution in [0, 0.1) is 10.8 Å². The largest absolute Gasteiger partial charge is 0.453 e. The molecule has 0 aliphatic rings. The molecule has 0 saturated carbocycles. The van der Waals surface area contributed by atoms with E-state index in [9.17, 15) is 28.8 Å². The van der Waals surface area contributed by atoms with Gasteiger partial charge in [-0.2, -0.15) is 25.3 Å². The van der Waals surface area contributed by atoms with Crippen molar-refractivity contribution >= 4 is 78.1 Å². The highest BCUT2D eigenvalue weighted by Crippen LogP contribution is 2.27. The molecule has 0 saturated heterocycles. The van der Waals surface area contributed by atoms with Gasteiger partial charge in [0.1, 0.15) is 24.2 Å². The Balaban J connectivity index is 1.75. The second-order valence-electron chi connectivity index (χ2n) is 18.6. The van der Waals surface area contributed by atoms with Crippen molar-refractivity contribution in [3.05, 3.63) is 90.0 Å². The number of benzene rings is 3. The predicted octanol–water partition coefficient (Wildman–Crippen LogP) is 6.70. The number of amides is 6. The minimum atomic E-state index is -1.06. The minimum Gasteiger partial charge on any atom is -0.453 e. The maximum Gasteiger partial charge on any atom is 0.407 e. The zero-order valence-electron chi connectivity index (χ0n) is 38.3. The Morgan fingerprint density at radius 2 is 0.825 bits per heavy atom. The predicted molar refractivity (Wildman–Crippen MR) is 254 cm³/mol. The number of hydrogen-bond acceptors (Lipinski definition) is 11. The number of methoxy groups -OCH3 is 2. The first-order valence-corrected chi connectivity index (χ1v) is 21.4. The Kier molecular flexibility index (Phi) is 18.0. The van der Waals surface area contributed by atoms with Crippen LogP contribution in [0.1, 0.15) is 80.4 Å². The summed E-state index contributed by atoms with van der Waals surface area (Å²) in [6, 6.07) is 20.6. The van der Waals surface area contributed by atoms with Crippen LogP contribution in [-0.2, 0) is 41.7 Å². The molecule has 0 bridgehead atoms. The fraction of sp³-hybridized carbons (Fsp3) is 0.478. The summed E-state index contributed by atoms with van der Waals surface area (Å²) in [7, 11) is 2.42. The summed E-state index contributed by atoms with van der Waals surface area (Å²) in [5, 5.41) is 16.5. The van der Waals surface area contributed by atoms with Crippen LogP contribution < -0.4 is 36.8 Å². The van der Waals surface area contributed by atoms with Crippen LogP contribution >= 0.6 is 25.3 Å². The van der Waals surface area contributed by atoms with Crippen LogP contribution in [0.5, 0.6) is 0 Å². The molecular weight excluding hydrogens is 843 g/mol. The van der Waals surface area contributed by atoms with Gasteiger partial charge < -0.3 is 46.3 Å². The molecule has 6 amide bonds. The summed E-state index contributed by atoms with van der Waals surface area (Å²) in [6.45, 7) is 18.6. The number of nitrogens with one attached hydrogen (secondary N) is 6. The van der Waals surface area contributed by atoms with Crippen molar-refractivity contribution in [3.63, 3.8) is 0 Å². The minimum absolute atomic E-state index is 0.482. The molecule has 0 radical (unpaired) electrons. The molecule has 3 aromatic carbocycles. The quantitative estimate of drug-likeness (QED) is 0.0681. The first-order chi connectivity index (χ1) is 29.1. The number of ether oxygens (including phenoxy) is 2. The number of hydrogen-bond donors (Lipinski definition) is 8. The van der Waals surface area contributed by atoms with Gasteiger partial charge in [0.05, 0.1) is 14.2 Å². The number of thiol groups is 2. The number of carbonyl (C=O) groups excluding carboxylic acids is 6. The van der Waals surface area contributed by atoms with Crippen molar-refractivity contribution in [2.75, 3.05) is 29.8 Å². The van der Waals surface area contributed by atoms with Gasteiger partial charge in [0.25, 0.3) is 0 Å². The Labute approximate surface area is 382 Å². The summed E-state index contributed by atoms with van der Waals surface area (Å²) in [6.07, 6.45) is -1.53. The van der Waals surface area contributed by atoms with Gasteiger partial charge in [-0.3, -0.25) is 19.2 Å². The molecule has 0 heterocycles. The van der Waals surface area contributed by atoms with Crippen molar-refractivity contribution < 1.29 is 38.2 Å². The average Bonchev–Trinajstić information content (AvgIpc) is 3.19. The zero-order chi connectivity index (χ0) is 47.5. The maximum absolute atomic E-state index is 13.6. The highest BCUT2D eigenvalue weighted by atomic mass is 32.1. The highest BCUT2D eigenvalue weighted by molar-refractivity contribution is 7.82. The molecule has 344 valence electrons. The summed E-state index contributed by atoms with van der Waals surface area (Å²) >= 11 is 9.24. The molecule has 0 aliphatic carbocycles. The van der Waals surface area contributed by atoms with E-state index >= 15 is 0 Å². The SMILES string of the molecule is COC(=O)N[C@H](C(=O)N[C@H](C(=O)Nc1ccc(CN(Cc2ccc(NC(=O)[C@@H](NC(=O)[C@@H](NC(=O)OC)C(C)(C)C)C(C)(C)S)cc2)c2ccccc2)cc1)C(C)(C)S)C(C)(C)C. The lowest BCUT2D eigenvalue weighted by atomic mass is 9.85. The molecule has 0 spiro atoms. The molecule has 3 aromatic rings. The van der Waals surface area contributed by atoms with Crippen LogP contribution in [0.4, 0.5) is 26.7 Å². The molecule has 3 rings (SSSR count). The van der Waals surface area contributed by atoms with E-state index in [1.807, 2.05) is 54.6 Å². The van der Waals surface area contributed by atoms with Gasteiger partial charge in [-0.05, 0) is 86.1 Å². The molecule has 4 atom stereocenters. The van der Waals surface area contributed by atoms with Gasteiger partial charge in [-0.1, -0.05) is 84.0 Å². The highest BCUT2D eigenvalue weighted by Gasteiger charge is 2.41. The van der Waals surface area contributed by atoms with E-state index in [0.29, 0.717) is 24.5 Å². The number of carbonyl (C=O) groups is 6. The third-order valence-electron chi connectivity index (χ3n) is 9.97. The number of rotatable bonds is 17. The van der Waals surface area contributed by atoms with Crippen molar-refractivity contribution in [3.8, 4) is 0 Å². The van der Waals surface area contributed by atoms with Crippen molar-refractivity contribution in [2.45, 2.75) is 116 Å². The fourth-order valence-corrected chi connectivity index (χ4v) is 6.78. The Hall–Kier alpha value is -5.42. The summed E-state index contributed by atoms with van der Waals surface area (Å²) in [5.41, 5.74) is 2.54. The molecule has 0 fully saturated rings. The number of nitrogens with zero attached hydrogens (tertiary/aromatic N) is 1. The summed E-state index contributed by atoms with van der Waals surface area (Å²) in [4.78, 5) is 80.4. The van der Waals surface area contributed by atoms with E-state index in [1.54, 1.807) is 93.5 Å². The number of para-hydroxylation sites is 1. The third kappa shape index (κ3) is 16.0. The molecule has 6 N–H and O–H groups in total. The standard InChI is InChI=1S/C46H65N7O8S2/c1-43(2,3)33(51-41(58)60-11)37(54)49-35(45(7,8)62)39(56)47-30-22-18-28(19-23-30)26-53(32-16-14-13-15-17-32)27-29-20-24-31(25-21-29)48-40(57)36(46(9,10)63)50-38(55)34(44(4,5)6)52-42(59)61-12/h13-25,33-36,62-63H,26-27H2,1-12H3,(H,47,56)(H,48,57)(H,49,54)(H,50,55)(H,51,58)(H,52,59)/t33-,34-,35-,36-/m1/s1. The van der Waals surface area contributed by atoms with E-state index in [4.69, 9.17) is 9.47 Å². The van der Waals surface area contributed by atoms with Crippen LogP contribution in [0.2, 0.25) is 0 Å². The van der Waals surface area contributed by atoms with Crippen molar-refractivity contribution in [2.24, 2.45) is 10.8 Å². The second kappa shape index (κ2) is 21.8. The van der Waals surface area contributed by atoms with Gasteiger partial charge in [0.15, 0.2) is 0 Å². The van der Waals surface area contributed by atoms with Crippen LogP contribution in [0.3, 0.4) is 0 Å². The van der Waals surface area contributed by atoms with E-state index in [0.717, 1.165) is 16.8 Å². The molecule has 15 nitrogen and oxygen atoms in total. The van der Waals surface area contributed by atoms with Gasteiger partial charge >= 0.3 is 12.2 Å². The third-order valence-corrected chi connectivity index (χ3v) is 10.5. The Morgan fingerprint density at radius 1 is 0.492 bits per heavy atom. The van der Waals surface area contributed by atoms with Gasteiger partial charge in [0.2, 0.25) is 23.6 Å². The Morgan fingerprint density at radius 3 is 1.11 bits per heavy atom. The molecule has 63 heavy (non-hydrogen) atoms. The van der Waals surface area contributed by atoms with Gasteiger partial charge in [0, 0.05) is 39.6 Å².